The van der Waals surface area contributed by atoms with Gasteiger partial charge in [0.25, 0.3) is 0 Å². The molecule has 2 N–H and O–H groups in total. The Morgan fingerprint density at radius 1 is 1.23 bits per heavy atom. The average molecular weight is 313 g/mol. The molecule has 5 nitrogen and oxygen atoms in total. The van der Waals surface area contributed by atoms with Crippen LogP contribution < -0.4 is 10.6 Å². The Labute approximate surface area is 136 Å². The minimum Gasteiger partial charge on any atom is -0.383 e. The van der Waals surface area contributed by atoms with E-state index in [1.165, 1.54) is 38.8 Å². The highest BCUT2D eigenvalue weighted by Gasteiger charge is 2.27. The third-order valence-electron chi connectivity index (χ3n) is 4.70. The van der Waals surface area contributed by atoms with E-state index in [0.717, 1.165) is 18.4 Å². The standard InChI is InChI=1S/C17H36N4O/c1-6-15(7-2)16(21-10-8-9-11-21)12-19-17(18-4)20-14(3)13-22-5/h14-16H,6-13H2,1-5H3,(H2,18,19,20). The van der Waals surface area contributed by atoms with Crippen molar-refractivity contribution in [2.45, 2.75) is 58.5 Å². The second-order valence-electron chi connectivity index (χ2n) is 6.34. The summed E-state index contributed by atoms with van der Waals surface area (Å²) in [4.78, 5) is 7.00. The quantitative estimate of drug-likeness (QED) is 0.505. The van der Waals surface area contributed by atoms with Gasteiger partial charge in [0.05, 0.1) is 6.61 Å². The van der Waals surface area contributed by atoms with Crippen molar-refractivity contribution < 1.29 is 4.74 Å². The number of hydrogen-bond acceptors (Lipinski definition) is 3. The summed E-state index contributed by atoms with van der Waals surface area (Å²) < 4.78 is 5.18. The van der Waals surface area contributed by atoms with Gasteiger partial charge in [0.2, 0.25) is 0 Å². The fourth-order valence-electron chi connectivity index (χ4n) is 3.42. The Bertz CT molecular complexity index is 310. The number of ether oxygens (including phenoxy) is 1. The van der Waals surface area contributed by atoms with Gasteiger partial charge >= 0.3 is 0 Å². The van der Waals surface area contributed by atoms with Gasteiger partial charge in [-0.15, -0.1) is 0 Å². The maximum Gasteiger partial charge on any atom is 0.191 e. The lowest BCUT2D eigenvalue weighted by atomic mass is 9.93. The van der Waals surface area contributed by atoms with Crippen LogP contribution in [-0.4, -0.2) is 63.3 Å². The Morgan fingerprint density at radius 3 is 2.36 bits per heavy atom. The molecule has 0 aromatic heterocycles. The van der Waals surface area contributed by atoms with Crippen LogP contribution in [0.25, 0.3) is 0 Å². The van der Waals surface area contributed by atoms with E-state index < -0.39 is 0 Å². The Kier molecular flexibility index (Phi) is 9.48. The van der Waals surface area contributed by atoms with Crippen LogP contribution in [0.5, 0.6) is 0 Å². The number of methoxy groups -OCH3 is 1. The molecule has 0 radical (unpaired) electrons. The molecule has 0 amide bonds. The molecule has 1 saturated heterocycles. The van der Waals surface area contributed by atoms with Crippen LogP contribution in [0.3, 0.4) is 0 Å². The highest BCUT2D eigenvalue weighted by atomic mass is 16.5. The SMILES string of the molecule is CCC(CC)C(CNC(=NC)NC(C)COC)N1CCCC1. The van der Waals surface area contributed by atoms with Crippen molar-refractivity contribution in [3.8, 4) is 0 Å². The zero-order chi connectivity index (χ0) is 16.4. The van der Waals surface area contributed by atoms with Gasteiger partial charge < -0.3 is 15.4 Å². The van der Waals surface area contributed by atoms with Gasteiger partial charge in [-0.3, -0.25) is 9.89 Å². The predicted molar refractivity (Wildman–Crippen MR) is 94.5 cm³/mol. The molecule has 0 saturated carbocycles. The van der Waals surface area contributed by atoms with Gasteiger partial charge in [0.1, 0.15) is 0 Å². The molecule has 2 atom stereocenters. The van der Waals surface area contributed by atoms with E-state index in [1.807, 2.05) is 7.05 Å². The van der Waals surface area contributed by atoms with Gasteiger partial charge in [-0.05, 0) is 38.8 Å². The molecule has 1 fully saturated rings. The fraction of sp³-hybridized carbons (Fsp3) is 0.941. The van der Waals surface area contributed by atoms with Gasteiger partial charge in [-0.25, -0.2) is 0 Å². The zero-order valence-corrected chi connectivity index (χ0v) is 15.2. The molecule has 0 aliphatic carbocycles. The largest absolute Gasteiger partial charge is 0.383 e. The summed E-state index contributed by atoms with van der Waals surface area (Å²) in [5, 5.41) is 6.91. The maximum absolute atomic E-state index is 5.18. The molecule has 0 aromatic carbocycles. The molecule has 0 aromatic rings. The van der Waals surface area contributed by atoms with Crippen molar-refractivity contribution in [3.05, 3.63) is 0 Å². The third kappa shape index (κ3) is 6.13. The topological polar surface area (TPSA) is 48.9 Å². The van der Waals surface area contributed by atoms with Crippen molar-refractivity contribution in [2.24, 2.45) is 10.9 Å². The highest BCUT2D eigenvalue weighted by Crippen LogP contribution is 2.22. The molecule has 130 valence electrons. The van der Waals surface area contributed by atoms with Crippen molar-refractivity contribution in [2.75, 3.05) is 40.4 Å². The van der Waals surface area contributed by atoms with E-state index in [1.54, 1.807) is 7.11 Å². The summed E-state index contributed by atoms with van der Waals surface area (Å²) in [5.41, 5.74) is 0. The van der Waals surface area contributed by atoms with Crippen LogP contribution in [0.15, 0.2) is 4.99 Å². The van der Waals surface area contributed by atoms with Crippen molar-refractivity contribution >= 4 is 5.96 Å². The normalized spacial score (nSPS) is 19.5. The summed E-state index contributed by atoms with van der Waals surface area (Å²) >= 11 is 0. The molecule has 1 aliphatic heterocycles. The maximum atomic E-state index is 5.18. The second kappa shape index (κ2) is 10.8. The fourth-order valence-corrected chi connectivity index (χ4v) is 3.42. The smallest absolute Gasteiger partial charge is 0.191 e. The van der Waals surface area contributed by atoms with Gasteiger partial charge in [0.15, 0.2) is 5.96 Å². The average Bonchev–Trinajstić information content (AvgIpc) is 3.04. The summed E-state index contributed by atoms with van der Waals surface area (Å²) in [7, 11) is 3.56. The highest BCUT2D eigenvalue weighted by molar-refractivity contribution is 5.79. The van der Waals surface area contributed by atoms with Crippen LogP contribution in [0.2, 0.25) is 0 Å². The summed E-state index contributed by atoms with van der Waals surface area (Å²) in [5.74, 6) is 1.62. The minimum atomic E-state index is 0.259. The lowest BCUT2D eigenvalue weighted by molar-refractivity contribution is 0.165. The van der Waals surface area contributed by atoms with E-state index >= 15 is 0 Å². The number of nitrogens with zero attached hydrogens (tertiary/aromatic N) is 2. The zero-order valence-electron chi connectivity index (χ0n) is 15.2. The van der Waals surface area contributed by atoms with Gasteiger partial charge in [0, 0.05) is 32.8 Å². The number of likely N-dealkylation sites (tertiary alicyclic amines) is 1. The predicted octanol–water partition coefficient (Wildman–Crippen LogP) is 2.09. The van der Waals surface area contributed by atoms with Gasteiger partial charge in [-0.1, -0.05) is 26.7 Å². The Morgan fingerprint density at radius 2 is 1.86 bits per heavy atom. The number of hydrogen-bond donors (Lipinski definition) is 2. The first kappa shape index (κ1) is 19.2. The number of rotatable bonds is 9. The van der Waals surface area contributed by atoms with Crippen LogP contribution in [0, 0.1) is 5.92 Å². The summed E-state index contributed by atoms with van der Waals surface area (Å²) in [6.45, 7) is 10.9. The van der Waals surface area contributed by atoms with Crippen LogP contribution in [0.4, 0.5) is 0 Å². The molecular weight excluding hydrogens is 276 g/mol. The van der Waals surface area contributed by atoms with Crippen LogP contribution in [0.1, 0.15) is 46.5 Å². The first-order valence-corrected chi connectivity index (χ1v) is 8.86. The van der Waals surface area contributed by atoms with E-state index in [4.69, 9.17) is 4.74 Å². The molecule has 0 spiro atoms. The molecule has 1 heterocycles. The van der Waals surface area contributed by atoms with E-state index in [2.05, 4.69) is 41.3 Å². The number of nitrogens with one attached hydrogen (secondary N) is 2. The summed E-state index contributed by atoms with van der Waals surface area (Å²) in [6, 6.07) is 0.864. The van der Waals surface area contributed by atoms with Gasteiger partial charge in [-0.2, -0.15) is 0 Å². The van der Waals surface area contributed by atoms with Crippen molar-refractivity contribution in [3.63, 3.8) is 0 Å². The molecule has 1 aliphatic rings. The molecular formula is C17H36N4O. The number of aliphatic imine (C=N–C) groups is 1. The molecule has 22 heavy (non-hydrogen) atoms. The lowest BCUT2D eigenvalue weighted by Crippen LogP contribution is -2.51. The van der Waals surface area contributed by atoms with Crippen molar-refractivity contribution in [1.82, 2.24) is 15.5 Å². The first-order chi connectivity index (χ1) is 10.7. The van der Waals surface area contributed by atoms with Crippen LogP contribution in [-0.2, 0) is 4.74 Å². The summed E-state index contributed by atoms with van der Waals surface area (Å²) in [6.07, 6.45) is 5.17. The van der Waals surface area contributed by atoms with Crippen molar-refractivity contribution in [1.29, 1.82) is 0 Å². The lowest BCUT2D eigenvalue weighted by Gasteiger charge is -2.34. The molecule has 1 rings (SSSR count). The van der Waals surface area contributed by atoms with E-state index in [9.17, 15) is 0 Å². The second-order valence-corrected chi connectivity index (χ2v) is 6.34. The monoisotopic (exact) mass is 312 g/mol. The van der Waals surface area contributed by atoms with E-state index in [-0.39, 0.29) is 6.04 Å². The molecule has 0 bridgehead atoms. The van der Waals surface area contributed by atoms with Crippen LogP contribution >= 0.6 is 0 Å². The number of guanidine groups is 1. The Balaban J connectivity index is 2.56. The molecule has 2 unspecified atom stereocenters. The third-order valence-corrected chi connectivity index (χ3v) is 4.70. The van der Waals surface area contributed by atoms with E-state index in [0.29, 0.717) is 12.6 Å². The first-order valence-electron chi connectivity index (χ1n) is 8.86. The minimum absolute atomic E-state index is 0.259. The Hall–Kier alpha value is -0.810. The molecule has 5 heteroatoms.